The third-order valence-corrected chi connectivity index (χ3v) is 2.47. The third kappa shape index (κ3) is 2.05. The Hall–Kier alpha value is -0.240. The molecule has 5 atom stereocenters. The minimum atomic E-state index is -1.09. The van der Waals surface area contributed by atoms with Crippen LogP contribution in [0.3, 0.4) is 0 Å². The number of hydrogen-bond donors (Lipinski definition) is 4. The summed E-state index contributed by atoms with van der Waals surface area (Å²) in [5, 5.41) is 36.9. The van der Waals surface area contributed by atoms with Crippen LogP contribution in [0.1, 0.15) is 0 Å². The summed E-state index contributed by atoms with van der Waals surface area (Å²) in [5.74, 6) is -0.758. The molecule has 1 rings (SSSR count). The Morgan fingerprint density at radius 3 is 2.21 bits per heavy atom. The van der Waals surface area contributed by atoms with Gasteiger partial charge in [-0.2, -0.15) is 0 Å². The molecule has 0 amide bonds. The predicted molar refractivity (Wildman–Crippen MR) is 45.3 cm³/mol. The van der Waals surface area contributed by atoms with Gasteiger partial charge in [0, 0.05) is 13.0 Å². The fourth-order valence-electron chi connectivity index (χ4n) is 1.57. The van der Waals surface area contributed by atoms with Gasteiger partial charge in [0.15, 0.2) is 6.29 Å². The van der Waals surface area contributed by atoms with Crippen molar-refractivity contribution in [1.29, 1.82) is 0 Å². The minimum Gasteiger partial charge on any atom is -0.396 e. The fourth-order valence-corrected chi connectivity index (χ4v) is 1.57. The molecule has 6 nitrogen and oxygen atoms in total. The maximum atomic E-state index is 9.56. The number of hydrogen-bond acceptors (Lipinski definition) is 6. The molecule has 0 aromatic carbocycles. The molecule has 0 spiro atoms. The van der Waals surface area contributed by atoms with Gasteiger partial charge < -0.3 is 29.9 Å². The van der Waals surface area contributed by atoms with Gasteiger partial charge in [-0.25, -0.2) is 0 Å². The molecule has 0 radical (unpaired) electrons. The van der Waals surface area contributed by atoms with Crippen LogP contribution >= 0.6 is 0 Å². The molecular formula is C8H16O6. The molecule has 84 valence electrons. The van der Waals surface area contributed by atoms with Crippen LogP contribution in [0.25, 0.3) is 0 Å². The van der Waals surface area contributed by atoms with Gasteiger partial charge in [0.1, 0.15) is 12.2 Å². The summed E-state index contributed by atoms with van der Waals surface area (Å²) in [7, 11) is 1.34. The molecule has 0 aromatic rings. The van der Waals surface area contributed by atoms with Crippen molar-refractivity contribution in [2.45, 2.75) is 24.6 Å². The lowest BCUT2D eigenvalue weighted by Crippen LogP contribution is -2.56. The zero-order valence-electron chi connectivity index (χ0n) is 7.91. The first-order valence-electron chi connectivity index (χ1n) is 4.41. The monoisotopic (exact) mass is 208 g/mol. The van der Waals surface area contributed by atoms with Gasteiger partial charge in [0.05, 0.1) is 19.3 Å². The summed E-state index contributed by atoms with van der Waals surface area (Å²) in [6.07, 6.45) is -3.94. The smallest absolute Gasteiger partial charge is 0.184 e. The van der Waals surface area contributed by atoms with Crippen LogP contribution in [0.5, 0.6) is 0 Å². The summed E-state index contributed by atoms with van der Waals surface area (Å²) in [4.78, 5) is 0. The predicted octanol–water partition coefficient (Wildman–Crippen LogP) is -2.32. The Labute approximate surface area is 81.7 Å². The van der Waals surface area contributed by atoms with E-state index in [0.29, 0.717) is 0 Å². The van der Waals surface area contributed by atoms with Gasteiger partial charge in [-0.3, -0.25) is 0 Å². The summed E-state index contributed by atoms with van der Waals surface area (Å²) in [6.45, 7) is -0.772. The zero-order chi connectivity index (χ0) is 10.7. The van der Waals surface area contributed by atoms with Crippen LogP contribution in [0.2, 0.25) is 0 Å². The van der Waals surface area contributed by atoms with E-state index in [2.05, 4.69) is 0 Å². The average Bonchev–Trinajstić information content (AvgIpc) is 2.19. The molecule has 0 bridgehead atoms. The third-order valence-electron chi connectivity index (χ3n) is 2.47. The molecule has 1 saturated heterocycles. The molecule has 0 aromatic heterocycles. The molecule has 1 aliphatic rings. The zero-order valence-corrected chi connectivity index (χ0v) is 7.91. The number of rotatable bonds is 3. The van der Waals surface area contributed by atoms with Gasteiger partial charge in [-0.05, 0) is 0 Å². The molecule has 6 heteroatoms. The lowest BCUT2D eigenvalue weighted by atomic mass is 9.90. The van der Waals surface area contributed by atoms with E-state index in [1.165, 1.54) is 7.11 Å². The van der Waals surface area contributed by atoms with Crippen molar-refractivity contribution in [2.24, 2.45) is 5.92 Å². The number of aliphatic hydroxyl groups excluding tert-OH is 4. The van der Waals surface area contributed by atoms with E-state index in [0.717, 1.165) is 0 Å². The first-order valence-corrected chi connectivity index (χ1v) is 4.41. The van der Waals surface area contributed by atoms with E-state index in [-0.39, 0.29) is 13.2 Å². The van der Waals surface area contributed by atoms with Crippen molar-refractivity contribution >= 4 is 0 Å². The van der Waals surface area contributed by atoms with E-state index in [4.69, 9.17) is 19.7 Å². The summed E-state index contributed by atoms with van der Waals surface area (Å²) >= 11 is 0. The second kappa shape index (κ2) is 5.01. The van der Waals surface area contributed by atoms with Gasteiger partial charge in [0.2, 0.25) is 0 Å². The lowest BCUT2D eigenvalue weighted by molar-refractivity contribution is -0.286. The van der Waals surface area contributed by atoms with Crippen LogP contribution in [-0.2, 0) is 9.47 Å². The van der Waals surface area contributed by atoms with Gasteiger partial charge in [0.25, 0.3) is 0 Å². The maximum absolute atomic E-state index is 9.56. The number of methoxy groups -OCH3 is 1. The van der Waals surface area contributed by atoms with Crippen LogP contribution in [0.4, 0.5) is 0 Å². The average molecular weight is 208 g/mol. The van der Waals surface area contributed by atoms with E-state index in [1.54, 1.807) is 0 Å². The van der Waals surface area contributed by atoms with Crippen LogP contribution < -0.4 is 0 Å². The Morgan fingerprint density at radius 1 is 1.14 bits per heavy atom. The normalized spacial score (nSPS) is 43.9. The van der Waals surface area contributed by atoms with Gasteiger partial charge >= 0.3 is 0 Å². The van der Waals surface area contributed by atoms with E-state index in [9.17, 15) is 10.2 Å². The Balaban J connectivity index is 2.72. The van der Waals surface area contributed by atoms with E-state index >= 15 is 0 Å². The molecule has 14 heavy (non-hydrogen) atoms. The van der Waals surface area contributed by atoms with Crippen LogP contribution in [0.15, 0.2) is 0 Å². The summed E-state index contributed by atoms with van der Waals surface area (Å²) < 4.78 is 9.87. The number of aliphatic hydroxyl groups is 4. The van der Waals surface area contributed by atoms with Crippen LogP contribution in [0, 0.1) is 5.92 Å². The van der Waals surface area contributed by atoms with E-state index < -0.39 is 30.5 Å². The van der Waals surface area contributed by atoms with Crippen LogP contribution in [-0.4, -0.2) is 65.4 Å². The second-order valence-corrected chi connectivity index (χ2v) is 3.29. The molecule has 1 fully saturated rings. The van der Waals surface area contributed by atoms with Crippen molar-refractivity contribution in [3.05, 3.63) is 0 Å². The molecule has 0 saturated carbocycles. The van der Waals surface area contributed by atoms with Gasteiger partial charge in [-0.15, -0.1) is 0 Å². The minimum absolute atomic E-state index is 0.385. The van der Waals surface area contributed by atoms with Crippen molar-refractivity contribution in [3.8, 4) is 0 Å². The summed E-state index contributed by atoms with van der Waals surface area (Å²) in [6, 6.07) is 0. The fraction of sp³-hybridized carbons (Fsp3) is 1.00. The largest absolute Gasteiger partial charge is 0.396 e. The standard InChI is InChI=1S/C8H16O6/c1-13-8-7(12)4(2-9)6(11)5(3-10)14-8/h4-12H,2-3H2,1H3/t4?,5-,6-,7-,8?/m1/s1. The topological polar surface area (TPSA) is 99.4 Å². The first-order chi connectivity index (χ1) is 6.65. The molecule has 1 heterocycles. The molecule has 0 aliphatic carbocycles. The molecular weight excluding hydrogens is 192 g/mol. The first kappa shape index (κ1) is 11.8. The molecule has 4 N–H and O–H groups in total. The highest BCUT2D eigenvalue weighted by atomic mass is 16.7. The highest BCUT2D eigenvalue weighted by Gasteiger charge is 2.43. The lowest BCUT2D eigenvalue weighted by Gasteiger charge is -2.40. The Bertz CT molecular complexity index is 159. The number of ether oxygens (including phenoxy) is 2. The second-order valence-electron chi connectivity index (χ2n) is 3.29. The Morgan fingerprint density at radius 2 is 1.79 bits per heavy atom. The molecule has 1 aliphatic heterocycles. The van der Waals surface area contributed by atoms with E-state index in [1.807, 2.05) is 0 Å². The highest BCUT2D eigenvalue weighted by molar-refractivity contribution is 4.88. The van der Waals surface area contributed by atoms with Gasteiger partial charge in [-0.1, -0.05) is 0 Å². The maximum Gasteiger partial charge on any atom is 0.184 e. The molecule has 2 unspecified atom stereocenters. The SMILES string of the molecule is COC1O[C@H](CO)[C@H](O)C(CO)[C@H]1O. The Kier molecular flexibility index (Phi) is 4.24. The van der Waals surface area contributed by atoms with Crippen molar-refractivity contribution in [2.75, 3.05) is 20.3 Å². The quantitative estimate of drug-likeness (QED) is 0.415. The summed E-state index contributed by atoms with van der Waals surface area (Å²) in [5.41, 5.74) is 0. The van der Waals surface area contributed by atoms with Crippen molar-refractivity contribution in [1.82, 2.24) is 0 Å². The van der Waals surface area contributed by atoms with Crippen molar-refractivity contribution in [3.63, 3.8) is 0 Å². The van der Waals surface area contributed by atoms with Crippen molar-refractivity contribution < 1.29 is 29.9 Å². The highest BCUT2D eigenvalue weighted by Crippen LogP contribution is 2.26.